The predicted molar refractivity (Wildman–Crippen MR) is 103 cm³/mol. The first-order valence-corrected chi connectivity index (χ1v) is 9.48. The number of hydrogen-bond acceptors (Lipinski definition) is 6. The first kappa shape index (κ1) is 21.0. The van der Waals surface area contributed by atoms with Crippen molar-refractivity contribution in [3.8, 4) is 11.5 Å². The van der Waals surface area contributed by atoms with Gasteiger partial charge in [0.2, 0.25) is 0 Å². The smallest absolute Gasteiger partial charge is 0.161 e. The Morgan fingerprint density at radius 3 is 2.58 bits per heavy atom. The van der Waals surface area contributed by atoms with Crippen molar-refractivity contribution in [3.63, 3.8) is 0 Å². The second kappa shape index (κ2) is 10.1. The predicted octanol–water partition coefficient (Wildman–Crippen LogP) is 1.90. The number of hydrogen-bond donors (Lipinski definition) is 2. The van der Waals surface area contributed by atoms with Gasteiger partial charge in [-0.25, -0.2) is 0 Å². The van der Waals surface area contributed by atoms with Gasteiger partial charge in [-0.1, -0.05) is 26.8 Å². The van der Waals surface area contributed by atoms with E-state index in [0.717, 1.165) is 45.0 Å². The Morgan fingerprint density at radius 2 is 2.00 bits per heavy atom. The normalized spacial score (nSPS) is 17.0. The standard InChI is InChI=1S/C20H34N2O4/c1-5-22(6-2)11-17(23)12-26-18-8-7-16(9-19(18)24-4)10-21-13-20(3)14-25-15-20/h7-9,17,21,23H,5-6,10-15H2,1-4H3/t17-/m1/s1. The van der Waals surface area contributed by atoms with Gasteiger partial charge in [0, 0.05) is 25.0 Å². The number of benzene rings is 1. The fraction of sp³-hybridized carbons (Fsp3) is 0.700. The molecule has 2 rings (SSSR count). The van der Waals surface area contributed by atoms with Gasteiger partial charge >= 0.3 is 0 Å². The summed E-state index contributed by atoms with van der Waals surface area (Å²) in [5.41, 5.74) is 1.40. The lowest BCUT2D eigenvalue weighted by Gasteiger charge is -2.38. The number of methoxy groups -OCH3 is 1. The summed E-state index contributed by atoms with van der Waals surface area (Å²) in [5, 5.41) is 13.6. The second-order valence-electron chi connectivity index (χ2n) is 7.34. The molecular weight excluding hydrogens is 332 g/mol. The Bertz CT molecular complexity index is 545. The van der Waals surface area contributed by atoms with Crippen LogP contribution in [0.2, 0.25) is 0 Å². The lowest BCUT2D eigenvalue weighted by molar-refractivity contribution is -0.0991. The Kier molecular flexibility index (Phi) is 8.15. The van der Waals surface area contributed by atoms with Crippen LogP contribution in [-0.2, 0) is 11.3 Å². The number of aliphatic hydroxyl groups excluding tert-OH is 1. The Balaban J connectivity index is 1.83. The molecule has 1 aromatic carbocycles. The molecule has 6 nitrogen and oxygen atoms in total. The first-order chi connectivity index (χ1) is 12.5. The zero-order valence-electron chi connectivity index (χ0n) is 16.6. The zero-order valence-corrected chi connectivity index (χ0v) is 16.6. The topological polar surface area (TPSA) is 63.2 Å². The monoisotopic (exact) mass is 366 g/mol. The van der Waals surface area contributed by atoms with E-state index in [1.54, 1.807) is 7.11 Å². The molecule has 1 aliphatic heterocycles. The van der Waals surface area contributed by atoms with Crippen LogP contribution in [0.15, 0.2) is 18.2 Å². The highest BCUT2D eigenvalue weighted by molar-refractivity contribution is 5.43. The molecule has 6 heteroatoms. The van der Waals surface area contributed by atoms with Crippen molar-refractivity contribution in [2.24, 2.45) is 5.41 Å². The van der Waals surface area contributed by atoms with Crippen molar-refractivity contribution in [2.75, 3.05) is 53.1 Å². The van der Waals surface area contributed by atoms with Crippen molar-refractivity contribution in [1.82, 2.24) is 10.2 Å². The molecule has 1 aromatic rings. The van der Waals surface area contributed by atoms with Crippen molar-refractivity contribution in [1.29, 1.82) is 0 Å². The molecule has 0 saturated carbocycles. The van der Waals surface area contributed by atoms with Crippen molar-refractivity contribution < 1.29 is 19.3 Å². The Hall–Kier alpha value is -1.34. The summed E-state index contributed by atoms with van der Waals surface area (Å²) in [4.78, 5) is 2.17. The Labute approximate surface area is 157 Å². The van der Waals surface area contributed by atoms with Crippen LogP contribution in [0.3, 0.4) is 0 Å². The highest BCUT2D eigenvalue weighted by Crippen LogP contribution is 2.29. The van der Waals surface area contributed by atoms with Crippen LogP contribution >= 0.6 is 0 Å². The summed E-state index contributed by atoms with van der Waals surface area (Å²) in [6.45, 7) is 12.5. The number of nitrogens with zero attached hydrogens (tertiary/aromatic N) is 1. The van der Waals surface area contributed by atoms with Crippen molar-refractivity contribution >= 4 is 0 Å². The van der Waals surface area contributed by atoms with Gasteiger partial charge < -0.3 is 29.5 Å². The van der Waals surface area contributed by atoms with Crippen LogP contribution in [0, 0.1) is 5.41 Å². The molecule has 148 valence electrons. The third-order valence-corrected chi connectivity index (χ3v) is 4.80. The van der Waals surface area contributed by atoms with Crippen molar-refractivity contribution in [2.45, 2.75) is 33.4 Å². The fourth-order valence-electron chi connectivity index (χ4n) is 3.02. The minimum absolute atomic E-state index is 0.253. The average molecular weight is 367 g/mol. The third kappa shape index (κ3) is 6.13. The number of rotatable bonds is 12. The maximum Gasteiger partial charge on any atom is 0.161 e. The second-order valence-corrected chi connectivity index (χ2v) is 7.34. The molecule has 0 spiro atoms. The summed E-state index contributed by atoms with van der Waals surface area (Å²) >= 11 is 0. The highest BCUT2D eigenvalue weighted by atomic mass is 16.5. The minimum atomic E-state index is -0.522. The lowest BCUT2D eigenvalue weighted by Crippen LogP contribution is -2.47. The lowest BCUT2D eigenvalue weighted by atomic mass is 9.89. The van der Waals surface area contributed by atoms with Gasteiger partial charge in [0.25, 0.3) is 0 Å². The van der Waals surface area contributed by atoms with Gasteiger partial charge in [0.05, 0.1) is 20.3 Å². The molecule has 1 heterocycles. The average Bonchev–Trinajstić information content (AvgIpc) is 2.63. The SMILES string of the molecule is CCN(CC)C[C@@H](O)COc1ccc(CNCC2(C)COC2)cc1OC. The largest absolute Gasteiger partial charge is 0.493 e. The Morgan fingerprint density at radius 1 is 1.27 bits per heavy atom. The van der Waals surface area contributed by atoms with E-state index in [2.05, 4.69) is 31.0 Å². The maximum atomic E-state index is 10.2. The summed E-state index contributed by atoms with van der Waals surface area (Å²) in [6.07, 6.45) is -0.522. The van der Waals surface area contributed by atoms with Crippen LogP contribution < -0.4 is 14.8 Å². The molecule has 0 radical (unpaired) electrons. The summed E-state index contributed by atoms with van der Waals surface area (Å²) in [6, 6.07) is 5.92. The molecule has 1 fully saturated rings. The molecule has 1 aliphatic rings. The van der Waals surface area contributed by atoms with Crippen LogP contribution in [0.4, 0.5) is 0 Å². The third-order valence-electron chi connectivity index (χ3n) is 4.80. The molecule has 1 atom stereocenters. The van der Waals surface area contributed by atoms with E-state index < -0.39 is 6.10 Å². The van der Waals surface area contributed by atoms with Crippen LogP contribution in [0.5, 0.6) is 11.5 Å². The quantitative estimate of drug-likeness (QED) is 0.589. The van der Waals surface area contributed by atoms with E-state index in [-0.39, 0.29) is 12.0 Å². The van der Waals surface area contributed by atoms with Gasteiger partial charge in [-0.15, -0.1) is 0 Å². The van der Waals surface area contributed by atoms with Gasteiger partial charge in [-0.2, -0.15) is 0 Å². The number of likely N-dealkylation sites (N-methyl/N-ethyl adjacent to an activating group) is 1. The first-order valence-electron chi connectivity index (χ1n) is 9.48. The molecule has 2 N–H and O–H groups in total. The molecule has 0 aliphatic carbocycles. The number of nitrogens with one attached hydrogen (secondary N) is 1. The van der Waals surface area contributed by atoms with E-state index in [9.17, 15) is 5.11 Å². The molecule has 1 saturated heterocycles. The van der Waals surface area contributed by atoms with E-state index in [4.69, 9.17) is 14.2 Å². The summed E-state index contributed by atoms with van der Waals surface area (Å²) in [5.74, 6) is 1.35. The van der Waals surface area contributed by atoms with E-state index >= 15 is 0 Å². The van der Waals surface area contributed by atoms with Crippen LogP contribution in [0.25, 0.3) is 0 Å². The molecule has 0 amide bonds. The minimum Gasteiger partial charge on any atom is -0.493 e. The van der Waals surface area contributed by atoms with Gasteiger partial charge in [0.15, 0.2) is 11.5 Å². The van der Waals surface area contributed by atoms with E-state index in [1.807, 2.05) is 18.2 Å². The van der Waals surface area contributed by atoms with Crippen LogP contribution in [0.1, 0.15) is 26.3 Å². The molecule has 0 unspecified atom stereocenters. The summed E-state index contributed by atoms with van der Waals surface area (Å²) in [7, 11) is 1.64. The molecular formula is C20H34N2O4. The highest BCUT2D eigenvalue weighted by Gasteiger charge is 2.32. The van der Waals surface area contributed by atoms with Gasteiger partial charge in [-0.3, -0.25) is 0 Å². The number of ether oxygens (including phenoxy) is 3. The summed E-state index contributed by atoms with van der Waals surface area (Å²) < 4.78 is 16.5. The fourth-order valence-corrected chi connectivity index (χ4v) is 3.02. The van der Waals surface area contributed by atoms with Crippen LogP contribution in [-0.4, -0.2) is 69.2 Å². The van der Waals surface area contributed by atoms with Gasteiger partial charge in [-0.05, 0) is 30.8 Å². The van der Waals surface area contributed by atoms with E-state index in [0.29, 0.717) is 18.0 Å². The van der Waals surface area contributed by atoms with Crippen molar-refractivity contribution in [3.05, 3.63) is 23.8 Å². The molecule has 0 aromatic heterocycles. The number of aliphatic hydroxyl groups is 1. The van der Waals surface area contributed by atoms with Gasteiger partial charge in [0.1, 0.15) is 12.7 Å². The maximum absolute atomic E-state index is 10.2. The molecule has 0 bridgehead atoms. The zero-order chi connectivity index (χ0) is 19.0. The van der Waals surface area contributed by atoms with E-state index in [1.165, 1.54) is 0 Å². The molecule has 26 heavy (non-hydrogen) atoms.